The van der Waals surface area contributed by atoms with Crippen LogP contribution in [0.15, 0.2) is 36.9 Å². The number of azide groups is 7. The second-order valence-corrected chi connectivity index (χ2v) is 18.6. The van der Waals surface area contributed by atoms with E-state index in [9.17, 15) is 94.9 Å². The monoisotopic (exact) mass is 1260 g/mol. The van der Waals surface area contributed by atoms with Crippen molar-refractivity contribution in [2.24, 2.45) is 36.9 Å². The topological polar surface area (TPSA) is 739 Å². The Kier molecular flexibility index (Phi) is 24.9. The van der Waals surface area contributed by atoms with Gasteiger partial charge in [-0.3, -0.25) is 0 Å². The van der Waals surface area contributed by atoms with Crippen molar-refractivity contribution in [2.45, 2.75) is 184 Å². The van der Waals surface area contributed by atoms with Gasteiger partial charge in [-0.2, -0.15) is 0 Å². The number of aliphatic hydroxyl groups excluding tert-OH is 11. The van der Waals surface area contributed by atoms with Crippen LogP contribution in [-0.4, -0.2) is 280 Å². The molecule has 0 amide bonds. The van der Waals surface area contributed by atoms with Crippen LogP contribution in [0.5, 0.6) is 0 Å². The Morgan fingerprint density at radius 2 is 0.402 bits per heavy atom. The molecule has 11 N–H and O–H groups in total. The SMILES string of the molecule is [N-]=[N+]=NO[C@@H]1[C@H]2O[C@H]3O[C@H](CO)[C@H](O[C@H]4O[C@H](CO)[C@H](O[C@H]5O[C@H](CO)[C@H](O[C@H]6O[C@H](CO)[C@H](O[C@H]7O[C@H](CO)[C@H](O[C@@H](O[C@@H]2CO)[C@@H]1ON=[N+]=[N-])[C@H](ON=[N+]=[N-])[C@H]7O)[C@H](ON=[N+]=[N-])[C@H]6O)[C@H](ON=[N+]=[N-])[C@H]5O)[C@H](ON=[N+]=[N-])[C@H]4O)[C@H](ON=[N+]=[N-])[C@H]3O. The molecule has 0 spiro atoms. The van der Waals surface area contributed by atoms with Crippen LogP contribution in [0.4, 0.5) is 0 Å². The minimum atomic E-state index is -2.36. The van der Waals surface area contributed by atoms with Crippen LogP contribution in [0.25, 0.3) is 73.1 Å². The molecule has 51 nitrogen and oxygen atoms in total. The number of rotatable bonds is 20. The molecule has 0 radical (unpaired) electrons. The first kappa shape index (κ1) is 67.4. The first-order chi connectivity index (χ1) is 42.2. The summed E-state index contributed by atoms with van der Waals surface area (Å²) in [4.78, 5) is 54.1. The van der Waals surface area contributed by atoms with Crippen molar-refractivity contribution < 1.29 is 147 Å². The van der Waals surface area contributed by atoms with Gasteiger partial charge >= 0.3 is 0 Å². The zero-order valence-corrected chi connectivity index (χ0v) is 43.6. The van der Waals surface area contributed by atoms with E-state index in [4.69, 9.17) is 90.7 Å². The van der Waals surface area contributed by atoms with E-state index in [0.29, 0.717) is 0 Å². The van der Waals surface area contributed by atoms with E-state index in [1.165, 1.54) is 0 Å². The summed E-state index contributed by atoms with van der Waals surface area (Å²) in [6, 6.07) is 0. The van der Waals surface area contributed by atoms with Crippen LogP contribution in [0.2, 0.25) is 0 Å². The molecule has 87 heavy (non-hydrogen) atoms. The van der Waals surface area contributed by atoms with Gasteiger partial charge in [0.05, 0.1) is 39.6 Å². The van der Waals surface area contributed by atoms with E-state index in [1.54, 1.807) is 0 Å². The van der Waals surface area contributed by atoms with Crippen molar-refractivity contribution in [1.82, 2.24) is 0 Å². The Bertz CT molecular complexity index is 2600. The molecule has 0 unspecified atom stereocenters. The van der Waals surface area contributed by atoms with E-state index in [1.807, 2.05) is 0 Å². The second-order valence-electron chi connectivity index (χ2n) is 18.6. The first-order valence-corrected chi connectivity index (χ1v) is 25.0. The smallest absolute Gasteiger partial charge is 0.200 e. The molecule has 0 aromatic heterocycles. The number of hydrogen-bond acceptors (Lipinski definition) is 37. The normalized spacial score (nSPS) is 43.5. The lowest BCUT2D eigenvalue weighted by molar-refractivity contribution is -0.410. The van der Waals surface area contributed by atoms with E-state index in [-0.39, 0.29) is 0 Å². The molecule has 0 aliphatic carbocycles. The number of hydrogen-bond donors (Lipinski definition) is 11. The molecule has 0 aromatic carbocycles. The van der Waals surface area contributed by atoms with E-state index in [2.05, 4.69) is 71.3 Å². The Labute approximate surface area is 480 Å². The highest BCUT2D eigenvalue weighted by Gasteiger charge is 2.61. The maximum Gasteiger partial charge on any atom is 0.200 e. The van der Waals surface area contributed by atoms with Crippen molar-refractivity contribution in [2.75, 3.05) is 39.6 Å². The molecule has 12 bridgehead atoms. The molecule has 51 heteroatoms. The molecule has 22 aliphatic heterocycles. The minimum Gasteiger partial charge on any atom is -0.424 e. The highest BCUT2D eigenvalue weighted by molar-refractivity contribution is 5.02. The van der Waals surface area contributed by atoms with Gasteiger partial charge in [0, 0.05) is 34.4 Å². The number of nitrogens with zero attached hydrogens (tertiary/aromatic N) is 21. The molecular formula is C36H53N21O30. The largest absolute Gasteiger partial charge is 0.424 e. The first-order valence-electron chi connectivity index (χ1n) is 25.0. The summed E-state index contributed by atoms with van der Waals surface area (Å²) in [5, 5.41) is 145. The third-order valence-corrected chi connectivity index (χ3v) is 13.9. The second kappa shape index (κ2) is 32.2. The Balaban J connectivity index is 1.37. The van der Waals surface area contributed by atoms with Gasteiger partial charge in [-0.15, -0.1) is 0 Å². The Morgan fingerprint density at radius 1 is 0.241 bits per heavy atom. The van der Waals surface area contributed by atoms with Crippen LogP contribution >= 0.6 is 0 Å². The molecule has 482 valence electrons. The van der Waals surface area contributed by atoms with Crippen LogP contribution in [0.3, 0.4) is 0 Å². The third kappa shape index (κ3) is 14.9. The fourth-order valence-corrected chi connectivity index (χ4v) is 10.2. The highest BCUT2D eigenvalue weighted by atomic mass is 16.8. The van der Waals surface area contributed by atoms with Gasteiger partial charge in [-0.1, -0.05) is 0 Å². The lowest BCUT2D eigenvalue weighted by Gasteiger charge is -2.51. The van der Waals surface area contributed by atoms with E-state index < -0.39 is 224 Å². The van der Waals surface area contributed by atoms with Crippen LogP contribution in [-0.2, 0) is 90.7 Å². The maximum absolute atomic E-state index is 11.9. The Hall–Kier alpha value is -7.15. The highest BCUT2D eigenvalue weighted by Crippen LogP contribution is 2.41. The standard InChI is InChI=1S/C36H53N21O30/c37-44-51-81-24-13(64)31-69-7(1-58)18(24)76-32-15(66)26(83-53-46-39)20(9(3-60)71-32)78-34-17(68)28(85-55-48-41)22(11(5-62)73-34)80-36-30(87-57-50-43)29(86-56-49-42)23(12(6-63)74-36)79-35-16(67)27(84-54-47-40)21(10(4-61)72-35)77-33-14(65)25(82-52-45-38)19(75-31)8(2-59)70-33/h7-36,58-68H,1-6H2/t7-,8-,9-,10-,11-,12-,13-,14-,15-,16-,17-,18+,19+,20+,21+,22+,23+,24-,25-,26-,27-,28-,29-,30-,31-,32-,33-,34-,35-,36-/m1/s1. The molecular weight excluding hydrogens is 1210 g/mol. The van der Waals surface area contributed by atoms with Gasteiger partial charge in [0.1, 0.15) is 141 Å². The van der Waals surface area contributed by atoms with E-state index >= 15 is 0 Å². The van der Waals surface area contributed by atoms with Crippen molar-refractivity contribution in [3.63, 3.8) is 0 Å². The van der Waals surface area contributed by atoms with Crippen LogP contribution in [0, 0.1) is 0 Å². The van der Waals surface area contributed by atoms with Crippen LogP contribution in [0.1, 0.15) is 0 Å². The molecule has 22 heterocycles. The van der Waals surface area contributed by atoms with Crippen LogP contribution < -0.4 is 0 Å². The zero-order chi connectivity index (χ0) is 62.9. The van der Waals surface area contributed by atoms with Gasteiger partial charge in [-0.25, -0.2) is 0 Å². The minimum absolute atomic E-state index is 1.16. The van der Waals surface area contributed by atoms with Crippen molar-refractivity contribution in [3.8, 4) is 0 Å². The quantitative estimate of drug-likeness (QED) is 0.0238. The molecule has 30 atom stereocenters. The molecule has 22 aliphatic rings. The number of ether oxygens (including phenoxy) is 12. The van der Waals surface area contributed by atoms with Gasteiger partial charge < -0.3 is 147 Å². The molecule has 0 aromatic rings. The summed E-state index contributed by atoms with van der Waals surface area (Å²) in [7, 11) is 0. The zero-order valence-electron chi connectivity index (χ0n) is 43.6. The average Bonchev–Trinajstić information content (AvgIpc) is 1.58. The van der Waals surface area contributed by atoms with Gasteiger partial charge in [0.25, 0.3) is 0 Å². The maximum atomic E-state index is 11.9. The summed E-state index contributed by atoms with van der Waals surface area (Å²) in [6.07, 6.45) is -63.5. The predicted octanol–water partition coefficient (Wildman–Crippen LogP) is -4.31. The molecule has 22 saturated heterocycles. The number of aliphatic hydroxyl groups is 11. The third-order valence-electron chi connectivity index (χ3n) is 13.9. The molecule has 22 rings (SSSR count). The van der Waals surface area contributed by atoms with Crippen molar-refractivity contribution in [3.05, 3.63) is 73.1 Å². The molecule has 0 saturated carbocycles. The summed E-state index contributed by atoms with van der Waals surface area (Å²) in [5.41, 5.74) is 65.4. The predicted molar refractivity (Wildman–Crippen MR) is 252 cm³/mol. The summed E-state index contributed by atoms with van der Waals surface area (Å²) in [5.74, 6) is 0. The summed E-state index contributed by atoms with van der Waals surface area (Å²) >= 11 is 0. The van der Waals surface area contributed by atoms with Gasteiger partial charge in [-0.05, 0) is 38.7 Å². The van der Waals surface area contributed by atoms with Crippen molar-refractivity contribution >= 4 is 0 Å². The lowest BCUT2D eigenvalue weighted by atomic mass is 9.94. The average molecular weight is 1260 g/mol. The van der Waals surface area contributed by atoms with Gasteiger partial charge in [0.15, 0.2) is 80.5 Å². The summed E-state index contributed by atoms with van der Waals surface area (Å²) in [6.45, 7) is -7.05. The van der Waals surface area contributed by atoms with Crippen molar-refractivity contribution in [1.29, 1.82) is 0 Å². The fourth-order valence-electron chi connectivity index (χ4n) is 10.2. The molecule has 22 fully saturated rings. The Morgan fingerprint density at radius 3 is 0.598 bits per heavy atom. The van der Waals surface area contributed by atoms with E-state index in [0.717, 1.165) is 0 Å². The lowest BCUT2D eigenvalue weighted by Crippen LogP contribution is -2.69. The van der Waals surface area contributed by atoms with Gasteiger partial charge in [0.2, 0.25) is 0 Å². The summed E-state index contributed by atoms with van der Waals surface area (Å²) < 4.78 is 71.3. The fraction of sp³-hybridized carbons (Fsp3) is 1.00.